The lowest BCUT2D eigenvalue weighted by atomic mass is 9.84. The van der Waals surface area contributed by atoms with Gasteiger partial charge in [0.15, 0.2) is 0 Å². The fraction of sp³-hybridized carbons (Fsp3) is 0.364. The van der Waals surface area contributed by atoms with Gasteiger partial charge in [-0.3, -0.25) is 14.3 Å². The highest BCUT2D eigenvalue weighted by molar-refractivity contribution is 6.34. The molecule has 1 amide bonds. The van der Waals surface area contributed by atoms with Crippen molar-refractivity contribution in [2.24, 2.45) is 13.0 Å². The number of alkyl halides is 3. The van der Waals surface area contributed by atoms with Crippen LogP contribution in [0.1, 0.15) is 68.1 Å². The van der Waals surface area contributed by atoms with E-state index in [-0.39, 0.29) is 70.3 Å². The maximum Gasteiger partial charge on any atom is 0.398 e. The summed E-state index contributed by atoms with van der Waals surface area (Å²) < 4.78 is 60.9. The molecule has 244 valence electrons. The normalized spacial score (nSPS) is 18.4. The van der Waals surface area contributed by atoms with Crippen LogP contribution in [0.25, 0.3) is 11.3 Å². The molecular formula is C33H28ClF4N5O4. The molecule has 0 bridgehead atoms. The average molecular weight is 670 g/mol. The van der Waals surface area contributed by atoms with Gasteiger partial charge in [-0.2, -0.15) is 28.1 Å². The number of benzene rings is 2. The van der Waals surface area contributed by atoms with Crippen LogP contribution < -0.4 is 0 Å². The molecule has 14 heteroatoms. The van der Waals surface area contributed by atoms with E-state index in [1.54, 1.807) is 9.58 Å². The van der Waals surface area contributed by atoms with E-state index in [1.165, 1.54) is 30.3 Å². The maximum atomic E-state index is 15.4. The van der Waals surface area contributed by atoms with Crippen molar-refractivity contribution in [2.75, 3.05) is 6.54 Å². The Bertz CT molecular complexity index is 1980. The number of aromatic carboxylic acids is 1. The molecule has 3 heterocycles. The lowest BCUT2D eigenvalue weighted by molar-refractivity contribution is -0.160. The summed E-state index contributed by atoms with van der Waals surface area (Å²) in [6, 6.07) is 7.24. The monoisotopic (exact) mass is 669 g/mol. The number of nitrogens with zero attached hydrogens (tertiary/aromatic N) is 5. The molecule has 1 N–H and O–H groups in total. The minimum absolute atomic E-state index is 0.0301. The molecule has 1 saturated carbocycles. The Morgan fingerprint density at radius 3 is 2.53 bits per heavy atom. The number of fused-ring (bicyclic) bond motifs is 2. The first kappa shape index (κ1) is 31.1. The van der Waals surface area contributed by atoms with Gasteiger partial charge in [0, 0.05) is 61.8 Å². The third-order valence-electron chi connectivity index (χ3n) is 9.60. The van der Waals surface area contributed by atoms with Crippen LogP contribution in [0.2, 0.25) is 5.02 Å². The zero-order valence-corrected chi connectivity index (χ0v) is 25.8. The predicted octanol–water partition coefficient (Wildman–Crippen LogP) is 5.75. The molecule has 3 aliphatic rings. The molecule has 0 spiro atoms. The van der Waals surface area contributed by atoms with E-state index in [4.69, 9.17) is 11.6 Å². The van der Waals surface area contributed by atoms with Crippen LogP contribution in [0.4, 0.5) is 17.6 Å². The molecule has 2 aromatic carbocycles. The molecular weight excluding hydrogens is 642 g/mol. The highest BCUT2D eigenvalue weighted by Gasteiger charge is 2.65. The van der Waals surface area contributed by atoms with Crippen molar-refractivity contribution in [3.05, 3.63) is 92.6 Å². The second-order valence-electron chi connectivity index (χ2n) is 12.5. The molecule has 9 nitrogen and oxygen atoms in total. The van der Waals surface area contributed by atoms with E-state index in [9.17, 15) is 32.7 Å². The van der Waals surface area contributed by atoms with Crippen LogP contribution in [0, 0.1) is 11.7 Å². The zero-order chi connectivity index (χ0) is 33.4. The molecule has 1 unspecified atom stereocenters. The molecule has 7 rings (SSSR count). The minimum atomic E-state index is -4.63. The van der Waals surface area contributed by atoms with Gasteiger partial charge in [-0.05, 0) is 55.5 Å². The second kappa shape index (κ2) is 11.0. The van der Waals surface area contributed by atoms with Crippen LogP contribution in [-0.2, 0) is 43.1 Å². The number of amides is 1. The fourth-order valence-corrected chi connectivity index (χ4v) is 7.28. The third-order valence-corrected chi connectivity index (χ3v) is 9.92. The molecule has 1 aliphatic heterocycles. The second-order valence-corrected chi connectivity index (χ2v) is 12.9. The van der Waals surface area contributed by atoms with Crippen LogP contribution in [0.3, 0.4) is 0 Å². The Balaban J connectivity index is 1.31. The fourth-order valence-electron chi connectivity index (χ4n) is 7.02. The SMILES string of the molecule is Cn1cc2c(n1)CCN(C(=O)C1CCc3c(-c4ccc(C(=O)O)cc4F)nn(C(=O)c4c(Cl)cccc4C4(C(F)(F)F)CC4)c3C1)C2. The van der Waals surface area contributed by atoms with Gasteiger partial charge in [-0.15, -0.1) is 0 Å². The molecule has 0 radical (unpaired) electrons. The first-order valence-corrected chi connectivity index (χ1v) is 15.5. The zero-order valence-electron chi connectivity index (χ0n) is 25.1. The molecule has 2 aromatic heterocycles. The Kier molecular flexibility index (Phi) is 7.30. The Labute approximate surface area is 270 Å². The Morgan fingerprint density at radius 1 is 1.09 bits per heavy atom. The number of aromatic nitrogens is 4. The average Bonchev–Trinajstić information content (AvgIpc) is 3.65. The van der Waals surface area contributed by atoms with Crippen molar-refractivity contribution in [3.8, 4) is 11.3 Å². The number of rotatable bonds is 5. The van der Waals surface area contributed by atoms with Crippen molar-refractivity contribution in [1.82, 2.24) is 24.5 Å². The van der Waals surface area contributed by atoms with Crippen molar-refractivity contribution >= 4 is 29.4 Å². The number of carboxylic acids is 1. The van der Waals surface area contributed by atoms with Crippen molar-refractivity contribution in [2.45, 2.75) is 56.7 Å². The Hall–Kier alpha value is -4.52. The molecule has 1 atom stereocenters. The number of halogens is 5. The summed E-state index contributed by atoms with van der Waals surface area (Å²) in [5.41, 5.74) is -0.539. The van der Waals surface area contributed by atoms with Gasteiger partial charge in [-0.1, -0.05) is 23.7 Å². The van der Waals surface area contributed by atoms with E-state index < -0.39 is 35.2 Å². The number of hydrogen-bond acceptors (Lipinski definition) is 5. The molecule has 4 aromatic rings. The van der Waals surface area contributed by atoms with Crippen molar-refractivity contribution in [1.29, 1.82) is 0 Å². The quantitative estimate of drug-likeness (QED) is 0.271. The smallest absolute Gasteiger partial charge is 0.398 e. The number of hydrogen-bond donors (Lipinski definition) is 1. The number of carbonyl (C=O) groups excluding carboxylic acids is 2. The molecule has 2 aliphatic carbocycles. The van der Waals surface area contributed by atoms with E-state index in [0.717, 1.165) is 22.0 Å². The van der Waals surface area contributed by atoms with Crippen LogP contribution in [-0.4, -0.2) is 60.1 Å². The molecule has 0 saturated heterocycles. The van der Waals surface area contributed by atoms with Crippen molar-refractivity contribution in [3.63, 3.8) is 0 Å². The summed E-state index contributed by atoms with van der Waals surface area (Å²) in [6.45, 7) is 0.831. The van der Waals surface area contributed by atoms with Gasteiger partial charge in [0.1, 0.15) is 5.82 Å². The first-order valence-electron chi connectivity index (χ1n) is 15.1. The number of carboxylic acid groups (broad SMARTS) is 1. The number of carbonyl (C=O) groups is 3. The highest BCUT2D eigenvalue weighted by atomic mass is 35.5. The van der Waals surface area contributed by atoms with E-state index in [1.807, 2.05) is 13.2 Å². The summed E-state index contributed by atoms with van der Waals surface area (Å²) in [5, 5.41) is 18.0. The largest absolute Gasteiger partial charge is 0.478 e. The maximum absolute atomic E-state index is 15.4. The summed E-state index contributed by atoms with van der Waals surface area (Å²) in [7, 11) is 1.81. The standard InChI is InChI=1S/C33H28ClF4N5O4/c1-41-15-19-16-42(12-9-25(19)39-41)29(44)17-5-8-21-26(14-17)43(40-28(21)20-7-6-18(31(46)47)13-24(20)35)30(45)27-22(3-2-4-23(27)34)32(10-11-32)33(36,37)38/h2-4,6-7,13,15,17H,5,8-12,14,16H2,1H3,(H,46,47). The molecule has 47 heavy (non-hydrogen) atoms. The lowest BCUT2D eigenvalue weighted by Gasteiger charge is -2.32. The summed E-state index contributed by atoms with van der Waals surface area (Å²) in [4.78, 5) is 41.3. The summed E-state index contributed by atoms with van der Waals surface area (Å²) in [5.74, 6) is -3.86. The van der Waals surface area contributed by atoms with Gasteiger partial charge in [0.05, 0.1) is 38.6 Å². The summed E-state index contributed by atoms with van der Waals surface area (Å²) in [6.07, 6.45) is -1.97. The van der Waals surface area contributed by atoms with E-state index in [0.29, 0.717) is 31.5 Å². The van der Waals surface area contributed by atoms with E-state index >= 15 is 4.39 Å². The van der Waals surface area contributed by atoms with E-state index in [2.05, 4.69) is 10.2 Å². The highest BCUT2D eigenvalue weighted by Crippen LogP contribution is 2.60. The number of aryl methyl sites for hydroxylation is 1. The van der Waals surface area contributed by atoms with Crippen LogP contribution >= 0.6 is 11.6 Å². The minimum Gasteiger partial charge on any atom is -0.478 e. The first-order chi connectivity index (χ1) is 22.3. The van der Waals surface area contributed by atoms with Crippen LogP contribution in [0.5, 0.6) is 0 Å². The van der Waals surface area contributed by atoms with Crippen LogP contribution in [0.15, 0.2) is 42.6 Å². The van der Waals surface area contributed by atoms with Gasteiger partial charge >= 0.3 is 12.1 Å². The van der Waals surface area contributed by atoms with Gasteiger partial charge in [0.25, 0.3) is 5.91 Å². The predicted molar refractivity (Wildman–Crippen MR) is 161 cm³/mol. The van der Waals surface area contributed by atoms with Gasteiger partial charge in [0.2, 0.25) is 5.91 Å². The van der Waals surface area contributed by atoms with Crippen molar-refractivity contribution < 1.29 is 37.1 Å². The topological polar surface area (TPSA) is 110 Å². The third kappa shape index (κ3) is 5.11. The molecule has 1 fully saturated rings. The van der Waals surface area contributed by atoms with Gasteiger partial charge < -0.3 is 10.0 Å². The van der Waals surface area contributed by atoms with Gasteiger partial charge in [-0.25, -0.2) is 9.18 Å². The summed E-state index contributed by atoms with van der Waals surface area (Å²) >= 11 is 6.45. The lowest BCUT2D eigenvalue weighted by Crippen LogP contribution is -2.41. The Morgan fingerprint density at radius 2 is 1.85 bits per heavy atom.